The number of carbonyl (C=O) groups is 2. The molecule has 3 aromatic rings. The molecular weight excluding hydrogens is 452 g/mol. The van der Waals surface area contributed by atoms with Gasteiger partial charge in [-0.3, -0.25) is 9.59 Å². The molecule has 0 aliphatic carbocycles. The van der Waals surface area contributed by atoms with Crippen LogP contribution in [0.15, 0.2) is 72.8 Å². The summed E-state index contributed by atoms with van der Waals surface area (Å²) < 4.78 is 10.6. The highest BCUT2D eigenvalue weighted by atomic mass is 35.5. The van der Waals surface area contributed by atoms with E-state index >= 15 is 0 Å². The van der Waals surface area contributed by atoms with Crippen LogP contribution in [0.2, 0.25) is 5.02 Å². The molecule has 3 aromatic carbocycles. The fourth-order valence-corrected chi connectivity index (χ4v) is 3.80. The van der Waals surface area contributed by atoms with Crippen LogP contribution < -0.4 is 14.8 Å². The van der Waals surface area contributed by atoms with Crippen LogP contribution in [0, 0.1) is 0 Å². The first-order chi connectivity index (χ1) is 16.4. The highest BCUT2D eigenvalue weighted by Gasteiger charge is 2.26. The van der Waals surface area contributed by atoms with E-state index in [1.807, 2.05) is 54.6 Å². The summed E-state index contributed by atoms with van der Waals surface area (Å²) in [5.74, 6) is 0.716. The molecule has 0 bridgehead atoms. The Hall–Kier alpha value is -3.51. The molecule has 34 heavy (non-hydrogen) atoms. The van der Waals surface area contributed by atoms with E-state index in [1.54, 1.807) is 44.2 Å². The molecule has 0 saturated heterocycles. The molecule has 0 aliphatic rings. The minimum Gasteiger partial charge on any atom is -0.493 e. The van der Waals surface area contributed by atoms with Gasteiger partial charge in [-0.1, -0.05) is 66.2 Å². The zero-order valence-electron chi connectivity index (χ0n) is 19.6. The number of halogens is 1. The second-order valence-electron chi connectivity index (χ2n) is 7.86. The number of methoxy groups -OCH3 is 2. The molecule has 3 rings (SSSR count). The first-order valence-electron chi connectivity index (χ1n) is 11.0. The molecule has 0 heterocycles. The maximum Gasteiger partial charge on any atom is 0.242 e. The maximum atomic E-state index is 13.4. The third kappa shape index (κ3) is 6.51. The zero-order chi connectivity index (χ0) is 24.5. The van der Waals surface area contributed by atoms with Gasteiger partial charge in [0.1, 0.15) is 6.04 Å². The number of hydrogen-bond donors (Lipinski definition) is 1. The first kappa shape index (κ1) is 25.1. The Morgan fingerprint density at radius 3 is 2.26 bits per heavy atom. The summed E-state index contributed by atoms with van der Waals surface area (Å²) in [6.45, 7) is 2.33. The molecule has 0 aliphatic heterocycles. The van der Waals surface area contributed by atoms with Gasteiger partial charge in [-0.2, -0.15) is 0 Å². The van der Waals surface area contributed by atoms with Gasteiger partial charge in [0.2, 0.25) is 11.8 Å². The summed E-state index contributed by atoms with van der Waals surface area (Å²) in [6.07, 6.45) is 0.120. The molecule has 7 heteroatoms. The van der Waals surface area contributed by atoms with Crippen LogP contribution in [0.5, 0.6) is 11.5 Å². The minimum atomic E-state index is -0.685. The second kappa shape index (κ2) is 12.1. The third-order valence-electron chi connectivity index (χ3n) is 5.58. The van der Waals surface area contributed by atoms with Crippen LogP contribution in [0.25, 0.3) is 0 Å². The SMILES string of the molecule is COc1ccc(CC(=O)N(Cc2ccccc2)[C@H](C)C(=O)NCc2ccccc2Cl)cc1OC. The molecule has 0 aromatic heterocycles. The Labute approximate surface area is 205 Å². The Morgan fingerprint density at radius 2 is 1.59 bits per heavy atom. The average molecular weight is 481 g/mol. The maximum absolute atomic E-state index is 13.4. The fourth-order valence-electron chi connectivity index (χ4n) is 3.60. The van der Waals surface area contributed by atoms with Gasteiger partial charge in [0, 0.05) is 18.1 Å². The van der Waals surface area contributed by atoms with Crippen molar-refractivity contribution in [3.05, 3.63) is 94.5 Å². The Morgan fingerprint density at radius 1 is 0.912 bits per heavy atom. The van der Waals surface area contributed by atoms with E-state index in [1.165, 1.54) is 0 Å². The summed E-state index contributed by atoms with van der Waals surface area (Å²) in [7, 11) is 3.11. The molecule has 6 nitrogen and oxygen atoms in total. The summed E-state index contributed by atoms with van der Waals surface area (Å²) >= 11 is 6.21. The largest absolute Gasteiger partial charge is 0.493 e. The number of ether oxygens (including phenoxy) is 2. The molecule has 0 unspecified atom stereocenters. The van der Waals surface area contributed by atoms with Gasteiger partial charge in [-0.25, -0.2) is 0 Å². The van der Waals surface area contributed by atoms with Gasteiger partial charge in [0.05, 0.1) is 20.6 Å². The average Bonchev–Trinajstić information content (AvgIpc) is 2.86. The zero-order valence-corrected chi connectivity index (χ0v) is 20.3. The van der Waals surface area contributed by atoms with Crippen molar-refractivity contribution in [3.63, 3.8) is 0 Å². The van der Waals surface area contributed by atoms with E-state index in [0.29, 0.717) is 23.1 Å². The van der Waals surface area contributed by atoms with Gasteiger partial charge >= 0.3 is 0 Å². The number of carbonyl (C=O) groups excluding carboxylic acids is 2. The van der Waals surface area contributed by atoms with E-state index in [0.717, 1.165) is 16.7 Å². The lowest BCUT2D eigenvalue weighted by molar-refractivity contribution is -0.140. The molecular formula is C27H29ClN2O4. The molecule has 0 saturated carbocycles. The first-order valence-corrected chi connectivity index (χ1v) is 11.4. The van der Waals surface area contributed by atoms with Crippen LogP contribution in [-0.2, 0) is 29.1 Å². The normalized spacial score (nSPS) is 11.4. The number of rotatable bonds is 10. The summed E-state index contributed by atoms with van der Waals surface area (Å²) in [4.78, 5) is 28.0. The van der Waals surface area contributed by atoms with Gasteiger partial charge < -0.3 is 19.7 Å². The van der Waals surface area contributed by atoms with Crippen molar-refractivity contribution in [2.75, 3.05) is 14.2 Å². The Balaban J connectivity index is 1.77. The number of nitrogens with one attached hydrogen (secondary N) is 1. The standard InChI is InChI=1S/C27H29ClN2O4/c1-19(27(32)29-17-22-11-7-8-12-23(22)28)30(18-20-9-5-4-6-10-20)26(31)16-21-13-14-24(33-2)25(15-21)34-3/h4-15,19H,16-18H2,1-3H3,(H,29,32)/t19-/m1/s1. The lowest BCUT2D eigenvalue weighted by Crippen LogP contribution is -2.48. The van der Waals surface area contributed by atoms with Crippen LogP contribution in [0.4, 0.5) is 0 Å². The van der Waals surface area contributed by atoms with Crippen molar-refractivity contribution in [3.8, 4) is 11.5 Å². The Bertz CT molecular complexity index is 1120. The van der Waals surface area contributed by atoms with Crippen LogP contribution in [0.3, 0.4) is 0 Å². The van der Waals surface area contributed by atoms with E-state index in [-0.39, 0.29) is 24.8 Å². The quantitative estimate of drug-likeness (QED) is 0.459. The third-order valence-corrected chi connectivity index (χ3v) is 5.95. The van der Waals surface area contributed by atoms with Gasteiger partial charge in [0.15, 0.2) is 11.5 Å². The van der Waals surface area contributed by atoms with E-state index in [4.69, 9.17) is 21.1 Å². The van der Waals surface area contributed by atoms with Crippen LogP contribution in [-0.4, -0.2) is 37.0 Å². The van der Waals surface area contributed by atoms with Gasteiger partial charge in [-0.05, 0) is 41.8 Å². The summed E-state index contributed by atoms with van der Waals surface area (Å²) in [5, 5.41) is 3.49. The van der Waals surface area contributed by atoms with E-state index in [9.17, 15) is 9.59 Å². The number of benzene rings is 3. The molecule has 0 radical (unpaired) electrons. The topological polar surface area (TPSA) is 67.9 Å². The summed E-state index contributed by atoms with van der Waals surface area (Å²) in [5.41, 5.74) is 2.52. The molecule has 0 fully saturated rings. The lowest BCUT2D eigenvalue weighted by atomic mass is 10.1. The van der Waals surface area contributed by atoms with Crippen molar-refractivity contribution in [2.45, 2.75) is 32.5 Å². The molecule has 1 atom stereocenters. The van der Waals surface area contributed by atoms with Crippen LogP contribution >= 0.6 is 11.6 Å². The molecule has 1 N–H and O–H groups in total. The molecule has 2 amide bonds. The van der Waals surface area contributed by atoms with Gasteiger partial charge in [-0.15, -0.1) is 0 Å². The summed E-state index contributed by atoms with van der Waals surface area (Å²) in [6, 6.07) is 21.6. The number of amides is 2. The van der Waals surface area contributed by atoms with Crippen molar-refractivity contribution in [2.24, 2.45) is 0 Å². The number of nitrogens with zero attached hydrogens (tertiary/aromatic N) is 1. The van der Waals surface area contributed by atoms with E-state index < -0.39 is 6.04 Å². The highest BCUT2D eigenvalue weighted by Crippen LogP contribution is 2.28. The highest BCUT2D eigenvalue weighted by molar-refractivity contribution is 6.31. The van der Waals surface area contributed by atoms with Crippen molar-refractivity contribution in [1.82, 2.24) is 10.2 Å². The number of hydrogen-bond acceptors (Lipinski definition) is 4. The smallest absolute Gasteiger partial charge is 0.242 e. The second-order valence-corrected chi connectivity index (χ2v) is 8.27. The van der Waals surface area contributed by atoms with Crippen molar-refractivity contribution in [1.29, 1.82) is 0 Å². The molecule has 178 valence electrons. The predicted molar refractivity (Wildman–Crippen MR) is 133 cm³/mol. The predicted octanol–water partition coefficient (Wildman–Crippen LogP) is 4.63. The van der Waals surface area contributed by atoms with E-state index in [2.05, 4.69) is 5.32 Å². The Kier molecular flexibility index (Phi) is 8.93. The van der Waals surface area contributed by atoms with Crippen molar-refractivity contribution >= 4 is 23.4 Å². The molecule has 0 spiro atoms. The lowest BCUT2D eigenvalue weighted by Gasteiger charge is -2.29. The van der Waals surface area contributed by atoms with Gasteiger partial charge in [0.25, 0.3) is 0 Å². The monoisotopic (exact) mass is 480 g/mol. The van der Waals surface area contributed by atoms with Crippen LogP contribution in [0.1, 0.15) is 23.6 Å². The van der Waals surface area contributed by atoms with Crippen molar-refractivity contribution < 1.29 is 19.1 Å². The fraction of sp³-hybridized carbons (Fsp3) is 0.259. The minimum absolute atomic E-state index is 0.120.